The van der Waals surface area contributed by atoms with Crippen molar-refractivity contribution in [2.45, 2.75) is 52.0 Å². The molecule has 1 amide bonds. The Morgan fingerprint density at radius 1 is 1.03 bits per heavy atom. The van der Waals surface area contributed by atoms with Crippen molar-refractivity contribution in [2.24, 2.45) is 0 Å². The van der Waals surface area contributed by atoms with Crippen molar-refractivity contribution in [3.63, 3.8) is 0 Å². The molecule has 0 aliphatic heterocycles. The van der Waals surface area contributed by atoms with E-state index in [0.29, 0.717) is 17.8 Å². The Balaban J connectivity index is 1.74. The van der Waals surface area contributed by atoms with Gasteiger partial charge in [-0.05, 0) is 80.0 Å². The molecule has 29 heavy (non-hydrogen) atoms. The number of sulfonamides is 1. The quantitative estimate of drug-likeness (QED) is 0.737. The van der Waals surface area contributed by atoms with Crippen molar-refractivity contribution in [3.8, 4) is 0 Å². The van der Waals surface area contributed by atoms with Crippen molar-refractivity contribution in [3.05, 3.63) is 64.7 Å². The number of nitrogens with one attached hydrogen (secondary N) is 1. The summed E-state index contributed by atoms with van der Waals surface area (Å²) in [7, 11) is -3.34. The van der Waals surface area contributed by atoms with Gasteiger partial charge in [-0.25, -0.2) is 8.42 Å². The van der Waals surface area contributed by atoms with Gasteiger partial charge in [-0.2, -0.15) is 0 Å². The van der Waals surface area contributed by atoms with Crippen LogP contribution in [-0.2, 0) is 22.9 Å². The third-order valence-electron chi connectivity index (χ3n) is 5.59. The molecule has 0 unspecified atom stereocenters. The molecular formula is C23H30N2O3S. The zero-order chi connectivity index (χ0) is 21.0. The Labute approximate surface area is 174 Å². The minimum Gasteiger partial charge on any atom is -0.345 e. The van der Waals surface area contributed by atoms with Gasteiger partial charge >= 0.3 is 0 Å². The van der Waals surface area contributed by atoms with Gasteiger partial charge in [0.1, 0.15) is 0 Å². The zero-order valence-electron chi connectivity index (χ0n) is 17.4. The van der Waals surface area contributed by atoms with Gasteiger partial charge < -0.3 is 5.32 Å². The summed E-state index contributed by atoms with van der Waals surface area (Å²) >= 11 is 0. The van der Waals surface area contributed by atoms with Gasteiger partial charge in [0.05, 0.1) is 18.0 Å². The van der Waals surface area contributed by atoms with E-state index >= 15 is 0 Å². The lowest BCUT2D eigenvalue weighted by Gasteiger charge is -2.22. The highest BCUT2D eigenvalue weighted by molar-refractivity contribution is 7.92. The normalized spacial score (nSPS) is 14.7. The van der Waals surface area contributed by atoms with Crippen molar-refractivity contribution < 1.29 is 13.2 Å². The first-order valence-corrected chi connectivity index (χ1v) is 12.2. The van der Waals surface area contributed by atoms with Gasteiger partial charge in [0, 0.05) is 12.1 Å². The van der Waals surface area contributed by atoms with Crippen molar-refractivity contribution >= 4 is 21.6 Å². The van der Waals surface area contributed by atoms with Gasteiger partial charge in [0.2, 0.25) is 10.0 Å². The SMILES string of the molecule is CC[C@@H](NC(=O)c1ccc(N(CC)S(C)(=O)=O)cc1)c1ccc2c(c1)CCCC2. The van der Waals surface area contributed by atoms with Gasteiger partial charge in [0.25, 0.3) is 5.91 Å². The predicted octanol–water partition coefficient (Wildman–Crippen LogP) is 4.23. The number of carbonyl (C=O) groups is 1. The Morgan fingerprint density at radius 3 is 2.28 bits per heavy atom. The Morgan fingerprint density at radius 2 is 1.69 bits per heavy atom. The second-order valence-corrected chi connectivity index (χ2v) is 9.55. The number of rotatable bonds is 7. The molecular weight excluding hydrogens is 384 g/mol. The minimum atomic E-state index is -3.34. The van der Waals surface area contributed by atoms with E-state index in [1.807, 2.05) is 0 Å². The van der Waals surface area contributed by atoms with E-state index < -0.39 is 10.0 Å². The molecule has 3 rings (SSSR count). The Bertz CT molecular complexity index is 968. The maximum Gasteiger partial charge on any atom is 0.251 e. The van der Waals surface area contributed by atoms with E-state index in [0.717, 1.165) is 24.8 Å². The van der Waals surface area contributed by atoms with Crippen LogP contribution < -0.4 is 9.62 Å². The third-order valence-corrected chi connectivity index (χ3v) is 6.86. The minimum absolute atomic E-state index is 0.0439. The average Bonchev–Trinajstić information content (AvgIpc) is 2.71. The van der Waals surface area contributed by atoms with E-state index in [1.165, 1.54) is 34.5 Å². The summed E-state index contributed by atoms with van der Waals surface area (Å²) in [4.78, 5) is 12.8. The van der Waals surface area contributed by atoms with Gasteiger partial charge in [-0.3, -0.25) is 9.10 Å². The lowest BCUT2D eigenvalue weighted by molar-refractivity contribution is 0.0935. The molecule has 2 aromatic carbocycles. The topological polar surface area (TPSA) is 66.5 Å². The molecule has 0 saturated carbocycles. The summed E-state index contributed by atoms with van der Waals surface area (Å²) in [5.74, 6) is -0.150. The standard InChI is InChI=1S/C23H30N2O3S/c1-4-22(20-11-10-17-8-6-7-9-19(17)16-20)24-23(26)18-12-14-21(15-13-18)25(5-2)29(3,27)28/h10-16,22H,4-9H2,1-3H3,(H,24,26)/t22-/m1/s1. The number of carbonyl (C=O) groups excluding carboxylic acids is 1. The number of fused-ring (bicyclic) bond motifs is 1. The highest BCUT2D eigenvalue weighted by atomic mass is 32.2. The van der Waals surface area contributed by atoms with E-state index in [4.69, 9.17) is 0 Å². The fraction of sp³-hybridized carbons (Fsp3) is 0.435. The van der Waals surface area contributed by atoms with E-state index in [-0.39, 0.29) is 11.9 Å². The number of benzene rings is 2. The summed E-state index contributed by atoms with van der Waals surface area (Å²) in [5.41, 5.74) is 5.07. The number of hydrogen-bond acceptors (Lipinski definition) is 3. The highest BCUT2D eigenvalue weighted by Gasteiger charge is 2.19. The largest absolute Gasteiger partial charge is 0.345 e. The first-order valence-electron chi connectivity index (χ1n) is 10.3. The monoisotopic (exact) mass is 414 g/mol. The smallest absolute Gasteiger partial charge is 0.251 e. The van der Waals surface area contributed by atoms with Crippen LogP contribution in [0, 0.1) is 0 Å². The molecule has 156 valence electrons. The highest BCUT2D eigenvalue weighted by Crippen LogP contribution is 2.26. The lowest BCUT2D eigenvalue weighted by atomic mass is 9.88. The maximum absolute atomic E-state index is 12.8. The summed E-state index contributed by atoms with van der Waals surface area (Å²) in [6.45, 7) is 4.20. The fourth-order valence-corrected chi connectivity index (χ4v) is 4.99. The number of hydrogen-bond donors (Lipinski definition) is 1. The Hall–Kier alpha value is -2.34. The number of nitrogens with zero attached hydrogens (tertiary/aromatic N) is 1. The fourth-order valence-electron chi connectivity index (χ4n) is 4.02. The zero-order valence-corrected chi connectivity index (χ0v) is 18.3. The average molecular weight is 415 g/mol. The van der Waals surface area contributed by atoms with Crippen molar-refractivity contribution in [1.82, 2.24) is 5.32 Å². The lowest BCUT2D eigenvalue weighted by Crippen LogP contribution is -2.30. The summed E-state index contributed by atoms with van der Waals surface area (Å²) in [6.07, 6.45) is 6.73. The number of aryl methyl sites for hydroxylation is 2. The molecule has 0 aromatic heterocycles. The second kappa shape index (κ2) is 8.99. The molecule has 2 aromatic rings. The summed E-state index contributed by atoms with van der Waals surface area (Å²) < 4.78 is 25.1. The van der Waals surface area contributed by atoms with Crippen LogP contribution in [0.5, 0.6) is 0 Å². The summed E-state index contributed by atoms with van der Waals surface area (Å²) in [5, 5.41) is 3.13. The third kappa shape index (κ3) is 4.99. The second-order valence-electron chi connectivity index (χ2n) is 7.64. The molecule has 1 N–H and O–H groups in total. The molecule has 0 fully saturated rings. The Kier molecular flexibility index (Phi) is 6.63. The van der Waals surface area contributed by atoms with Crippen molar-refractivity contribution in [1.29, 1.82) is 0 Å². The number of amides is 1. The first kappa shape index (κ1) is 21.4. The van der Waals surface area contributed by atoms with Crippen LogP contribution in [0.25, 0.3) is 0 Å². The van der Waals surface area contributed by atoms with E-state index in [9.17, 15) is 13.2 Å². The predicted molar refractivity (Wildman–Crippen MR) is 118 cm³/mol. The van der Waals surface area contributed by atoms with Crippen molar-refractivity contribution in [2.75, 3.05) is 17.1 Å². The van der Waals surface area contributed by atoms with E-state index in [2.05, 4.69) is 30.4 Å². The van der Waals surface area contributed by atoms with Crippen LogP contribution in [0.2, 0.25) is 0 Å². The first-order chi connectivity index (χ1) is 13.8. The number of anilines is 1. The molecule has 0 heterocycles. The van der Waals surface area contributed by atoms with Crippen LogP contribution in [0.1, 0.15) is 66.2 Å². The molecule has 1 atom stereocenters. The molecule has 0 radical (unpaired) electrons. The molecule has 5 nitrogen and oxygen atoms in total. The maximum atomic E-state index is 12.8. The van der Waals surface area contributed by atoms with Crippen LogP contribution in [0.3, 0.4) is 0 Å². The molecule has 0 bridgehead atoms. The van der Waals surface area contributed by atoms with Crippen LogP contribution in [-0.4, -0.2) is 27.1 Å². The van der Waals surface area contributed by atoms with Gasteiger partial charge in [-0.15, -0.1) is 0 Å². The molecule has 6 heteroatoms. The molecule has 0 spiro atoms. The van der Waals surface area contributed by atoms with E-state index in [1.54, 1.807) is 31.2 Å². The molecule has 1 aliphatic carbocycles. The van der Waals surface area contributed by atoms with Crippen LogP contribution in [0.4, 0.5) is 5.69 Å². The molecule has 0 saturated heterocycles. The molecule has 1 aliphatic rings. The van der Waals surface area contributed by atoms with Gasteiger partial charge in [0.15, 0.2) is 0 Å². The van der Waals surface area contributed by atoms with Crippen LogP contribution in [0.15, 0.2) is 42.5 Å². The van der Waals surface area contributed by atoms with Gasteiger partial charge in [-0.1, -0.05) is 25.1 Å². The van der Waals surface area contributed by atoms with Crippen LogP contribution >= 0.6 is 0 Å². The summed E-state index contributed by atoms with van der Waals surface area (Å²) in [6, 6.07) is 13.3.